The molecule has 0 aliphatic rings. The fourth-order valence-electron chi connectivity index (χ4n) is 1.73. The quantitative estimate of drug-likeness (QED) is 0.419. The first-order chi connectivity index (χ1) is 9.15. The first-order valence-corrected chi connectivity index (χ1v) is 7.51. The van der Waals surface area contributed by atoms with Gasteiger partial charge in [0.05, 0.1) is 5.92 Å². The first kappa shape index (κ1) is 17.9. The van der Waals surface area contributed by atoms with E-state index in [2.05, 4.69) is 13.8 Å². The molecule has 0 spiro atoms. The Morgan fingerprint density at radius 1 is 1.11 bits per heavy atom. The Kier molecular flexibility index (Phi) is 11.2. The van der Waals surface area contributed by atoms with Gasteiger partial charge in [-0.1, -0.05) is 46.1 Å². The molecular weight excluding hydrogens is 240 g/mol. The molecule has 0 radical (unpaired) electrons. The number of ketones is 1. The number of carbonyl (C=O) groups excluding carboxylic acids is 2. The lowest BCUT2D eigenvalue weighted by Gasteiger charge is -2.13. The van der Waals surface area contributed by atoms with Crippen LogP contribution in [0.25, 0.3) is 0 Å². The molecule has 0 amide bonds. The summed E-state index contributed by atoms with van der Waals surface area (Å²) in [6, 6.07) is 0. The van der Waals surface area contributed by atoms with Crippen LogP contribution in [-0.4, -0.2) is 18.4 Å². The minimum Gasteiger partial charge on any atom is -0.465 e. The topological polar surface area (TPSA) is 43.4 Å². The van der Waals surface area contributed by atoms with Crippen molar-refractivity contribution in [1.82, 2.24) is 0 Å². The second kappa shape index (κ2) is 11.9. The predicted octanol–water partition coefficient (Wildman–Crippen LogP) is 4.06. The van der Waals surface area contributed by atoms with E-state index < -0.39 is 0 Å². The highest BCUT2D eigenvalue weighted by Crippen LogP contribution is 2.12. The molecule has 1 atom stereocenters. The Morgan fingerprint density at radius 2 is 1.84 bits per heavy atom. The second-order valence-corrected chi connectivity index (χ2v) is 4.87. The van der Waals surface area contributed by atoms with Crippen LogP contribution in [0.2, 0.25) is 0 Å². The zero-order valence-electron chi connectivity index (χ0n) is 12.6. The molecule has 0 aliphatic carbocycles. The highest BCUT2D eigenvalue weighted by Gasteiger charge is 2.17. The molecule has 19 heavy (non-hydrogen) atoms. The number of carbonyl (C=O) groups is 2. The highest BCUT2D eigenvalue weighted by molar-refractivity contribution is 5.91. The summed E-state index contributed by atoms with van der Waals surface area (Å²) in [7, 11) is 0. The summed E-state index contributed by atoms with van der Waals surface area (Å²) in [5.41, 5.74) is 0. The highest BCUT2D eigenvalue weighted by atomic mass is 16.5. The molecule has 110 valence electrons. The van der Waals surface area contributed by atoms with Gasteiger partial charge in [0.15, 0.2) is 5.78 Å². The molecule has 1 unspecified atom stereocenters. The van der Waals surface area contributed by atoms with Gasteiger partial charge in [-0.25, -0.2) is 0 Å². The normalized spacial score (nSPS) is 12.6. The van der Waals surface area contributed by atoms with Crippen LogP contribution in [0.15, 0.2) is 12.2 Å². The predicted molar refractivity (Wildman–Crippen MR) is 77.9 cm³/mol. The summed E-state index contributed by atoms with van der Waals surface area (Å²) in [6.45, 7) is 6.34. The maximum atomic E-state index is 12.0. The first-order valence-electron chi connectivity index (χ1n) is 7.51. The third-order valence-corrected chi connectivity index (χ3v) is 2.95. The molecule has 0 rings (SSSR count). The Hall–Kier alpha value is -1.12. The van der Waals surface area contributed by atoms with Crippen LogP contribution in [0.4, 0.5) is 0 Å². The van der Waals surface area contributed by atoms with Crippen molar-refractivity contribution in [2.75, 3.05) is 6.61 Å². The molecular formula is C16H28O3. The fraction of sp³-hybridized carbons (Fsp3) is 0.750. The standard InChI is InChI=1S/C16H28O3/c1-4-7-9-12-15(17)14(11-8-5-2)13-19-16(18)10-6-3/h9,12,14H,4-8,10-11,13H2,1-3H3. The van der Waals surface area contributed by atoms with Crippen molar-refractivity contribution >= 4 is 11.8 Å². The third-order valence-electron chi connectivity index (χ3n) is 2.95. The molecule has 0 aromatic rings. The minimum atomic E-state index is -0.200. The molecule has 0 saturated heterocycles. The van der Waals surface area contributed by atoms with E-state index >= 15 is 0 Å². The average molecular weight is 268 g/mol. The molecule has 0 heterocycles. The van der Waals surface area contributed by atoms with E-state index in [0.717, 1.165) is 38.5 Å². The SMILES string of the molecule is CCCC=CC(=O)C(CCCC)COC(=O)CCC. The summed E-state index contributed by atoms with van der Waals surface area (Å²) >= 11 is 0. The van der Waals surface area contributed by atoms with Crippen LogP contribution >= 0.6 is 0 Å². The monoisotopic (exact) mass is 268 g/mol. The van der Waals surface area contributed by atoms with Crippen LogP contribution < -0.4 is 0 Å². The maximum absolute atomic E-state index is 12.0. The van der Waals surface area contributed by atoms with E-state index in [4.69, 9.17) is 4.74 Å². The zero-order valence-corrected chi connectivity index (χ0v) is 12.6. The number of ether oxygens (including phenoxy) is 1. The van der Waals surface area contributed by atoms with Gasteiger partial charge in [0.1, 0.15) is 6.61 Å². The molecule has 0 aromatic heterocycles. The fourth-order valence-corrected chi connectivity index (χ4v) is 1.73. The molecule has 3 heteroatoms. The number of hydrogen-bond acceptors (Lipinski definition) is 3. The van der Waals surface area contributed by atoms with Gasteiger partial charge in [0, 0.05) is 6.42 Å². The van der Waals surface area contributed by atoms with Crippen LogP contribution in [0.5, 0.6) is 0 Å². The molecule has 0 N–H and O–H groups in total. The number of esters is 1. The lowest BCUT2D eigenvalue weighted by molar-refractivity contribution is -0.145. The Morgan fingerprint density at radius 3 is 2.42 bits per heavy atom. The van der Waals surface area contributed by atoms with Gasteiger partial charge in [0.25, 0.3) is 0 Å². The third kappa shape index (κ3) is 9.46. The van der Waals surface area contributed by atoms with Crippen molar-refractivity contribution in [1.29, 1.82) is 0 Å². The van der Waals surface area contributed by atoms with Crippen molar-refractivity contribution in [3.05, 3.63) is 12.2 Å². The van der Waals surface area contributed by atoms with E-state index in [1.54, 1.807) is 6.08 Å². The molecule has 0 saturated carbocycles. The van der Waals surface area contributed by atoms with Gasteiger partial charge < -0.3 is 4.74 Å². The van der Waals surface area contributed by atoms with Crippen molar-refractivity contribution in [2.24, 2.45) is 5.92 Å². The van der Waals surface area contributed by atoms with Gasteiger partial charge in [-0.05, 0) is 25.3 Å². The summed E-state index contributed by atoms with van der Waals surface area (Å²) in [5, 5.41) is 0. The number of rotatable bonds is 11. The van der Waals surface area contributed by atoms with Crippen LogP contribution in [0.1, 0.15) is 65.7 Å². The second-order valence-electron chi connectivity index (χ2n) is 4.87. The lowest BCUT2D eigenvalue weighted by atomic mass is 9.97. The Labute approximate surface area is 117 Å². The maximum Gasteiger partial charge on any atom is 0.305 e. The number of hydrogen-bond donors (Lipinski definition) is 0. The molecule has 3 nitrogen and oxygen atoms in total. The van der Waals surface area contributed by atoms with E-state index in [1.807, 2.05) is 13.0 Å². The van der Waals surface area contributed by atoms with Gasteiger partial charge in [-0.15, -0.1) is 0 Å². The summed E-state index contributed by atoms with van der Waals surface area (Å²) < 4.78 is 5.18. The van der Waals surface area contributed by atoms with E-state index in [-0.39, 0.29) is 24.3 Å². The number of unbranched alkanes of at least 4 members (excludes halogenated alkanes) is 2. The minimum absolute atomic E-state index is 0.0891. The van der Waals surface area contributed by atoms with Crippen LogP contribution in [0, 0.1) is 5.92 Å². The molecule has 0 fully saturated rings. The molecule has 0 aromatic carbocycles. The Balaban J connectivity index is 4.27. The number of allylic oxidation sites excluding steroid dienone is 2. The van der Waals surface area contributed by atoms with Gasteiger partial charge in [-0.3, -0.25) is 9.59 Å². The van der Waals surface area contributed by atoms with Crippen LogP contribution in [0.3, 0.4) is 0 Å². The largest absolute Gasteiger partial charge is 0.465 e. The van der Waals surface area contributed by atoms with E-state index in [0.29, 0.717) is 6.42 Å². The summed E-state index contributed by atoms with van der Waals surface area (Å²) in [6.07, 6.45) is 9.56. The Bertz CT molecular complexity index is 282. The van der Waals surface area contributed by atoms with Crippen molar-refractivity contribution in [3.8, 4) is 0 Å². The lowest BCUT2D eigenvalue weighted by Crippen LogP contribution is -2.21. The van der Waals surface area contributed by atoms with Crippen molar-refractivity contribution < 1.29 is 14.3 Å². The summed E-state index contributed by atoms with van der Waals surface area (Å²) in [5.74, 6) is -0.283. The zero-order chi connectivity index (χ0) is 14.5. The van der Waals surface area contributed by atoms with Gasteiger partial charge in [-0.2, -0.15) is 0 Å². The average Bonchev–Trinajstić information content (AvgIpc) is 2.39. The molecule has 0 aliphatic heterocycles. The van der Waals surface area contributed by atoms with Gasteiger partial charge in [0.2, 0.25) is 0 Å². The van der Waals surface area contributed by atoms with E-state index in [1.165, 1.54) is 0 Å². The van der Waals surface area contributed by atoms with E-state index in [9.17, 15) is 9.59 Å². The van der Waals surface area contributed by atoms with Crippen LogP contribution in [-0.2, 0) is 14.3 Å². The molecule has 0 bridgehead atoms. The van der Waals surface area contributed by atoms with Crippen molar-refractivity contribution in [2.45, 2.75) is 65.7 Å². The smallest absolute Gasteiger partial charge is 0.305 e. The van der Waals surface area contributed by atoms with Crippen molar-refractivity contribution in [3.63, 3.8) is 0 Å². The van der Waals surface area contributed by atoms with Gasteiger partial charge >= 0.3 is 5.97 Å². The summed E-state index contributed by atoms with van der Waals surface area (Å²) in [4.78, 5) is 23.4.